The summed E-state index contributed by atoms with van der Waals surface area (Å²) in [5.74, 6) is -2.39. The number of likely N-dealkylation sites (N-methyl/N-ethyl adjacent to an activating group) is 1. The number of halogens is 1. The number of hydrogen-bond acceptors (Lipinski definition) is 15. The highest BCUT2D eigenvalue weighted by atomic mass is 35.5. The van der Waals surface area contributed by atoms with Gasteiger partial charge in [0.1, 0.15) is 41.1 Å². The van der Waals surface area contributed by atoms with Gasteiger partial charge in [-0.15, -0.1) is 0 Å². The number of ether oxygens (including phenoxy) is 4. The van der Waals surface area contributed by atoms with E-state index in [0.29, 0.717) is 42.8 Å². The number of esters is 1. The fourth-order valence-corrected chi connectivity index (χ4v) is 12.0. The lowest BCUT2D eigenvalue weighted by Gasteiger charge is -2.41. The molecule has 2 N–H and O–H groups in total. The monoisotopic (exact) mass is 1090 g/mol. The Labute approximate surface area is 448 Å². The average Bonchev–Trinajstić information content (AvgIpc) is 3.94. The van der Waals surface area contributed by atoms with Gasteiger partial charge >= 0.3 is 12.1 Å². The number of hydrogen-bond donors (Lipinski definition) is 2. The number of Topliss-reactive ketones (excluding diaryl/α,β-unsaturated/α-hetero) is 2. The van der Waals surface area contributed by atoms with E-state index < -0.39 is 65.5 Å². The topological polar surface area (TPSA) is 219 Å². The number of epoxide rings is 1. The van der Waals surface area contributed by atoms with E-state index in [1.54, 1.807) is 49.5 Å². The number of carbonyl (C=O) groups excluding carboxylic acids is 8. The first-order valence-corrected chi connectivity index (χ1v) is 28.1. The van der Waals surface area contributed by atoms with Crippen molar-refractivity contribution in [1.82, 2.24) is 15.1 Å². The number of anilines is 1. The van der Waals surface area contributed by atoms with Gasteiger partial charge < -0.3 is 33.9 Å². The largest absolute Gasteiger partial charge is 0.457 e. The predicted octanol–water partition coefficient (Wildman–Crippen LogP) is 7.80. The molecular weight excluding hydrogens is 1010 g/mol. The third-order valence-electron chi connectivity index (χ3n) is 14.4. The van der Waals surface area contributed by atoms with Crippen molar-refractivity contribution in [3.05, 3.63) is 64.2 Å². The number of alkyl carbamates (subject to hydrolysis) is 1. The molecule has 4 aliphatic rings. The number of imide groups is 1. The zero-order valence-corrected chi connectivity index (χ0v) is 46.9. The maximum Gasteiger partial charge on any atom is 0.409 e. The summed E-state index contributed by atoms with van der Waals surface area (Å²) in [7, 11) is 6.40. The van der Waals surface area contributed by atoms with Gasteiger partial charge in [0.2, 0.25) is 11.8 Å². The van der Waals surface area contributed by atoms with Crippen LogP contribution in [0.2, 0.25) is 5.02 Å². The number of benzene rings is 1. The number of nitrogens with zero attached hydrogens (tertiary/aromatic N) is 3. The van der Waals surface area contributed by atoms with E-state index in [4.69, 9.17) is 30.5 Å². The zero-order chi connectivity index (χ0) is 54.7. The molecule has 5 amide bonds. The molecule has 2 saturated heterocycles. The van der Waals surface area contributed by atoms with Crippen molar-refractivity contribution in [3.8, 4) is 0 Å². The Bertz CT molecular complexity index is 2360. The minimum Gasteiger partial charge on any atom is -0.457 e. The van der Waals surface area contributed by atoms with E-state index in [1.165, 1.54) is 22.0 Å². The normalized spacial score (nSPS) is 26.9. The van der Waals surface area contributed by atoms with Crippen LogP contribution in [0.15, 0.2) is 48.1 Å². The quantitative estimate of drug-likeness (QED) is 0.0372. The van der Waals surface area contributed by atoms with Crippen molar-refractivity contribution in [3.63, 3.8) is 0 Å². The van der Waals surface area contributed by atoms with Crippen molar-refractivity contribution in [2.45, 2.75) is 166 Å². The van der Waals surface area contributed by atoms with Crippen LogP contribution in [0.4, 0.5) is 10.5 Å². The molecule has 0 radical (unpaired) electrons. The summed E-state index contributed by atoms with van der Waals surface area (Å²) in [5, 5.41) is 14.8. The maximum absolute atomic E-state index is 14.3. The summed E-state index contributed by atoms with van der Waals surface area (Å²) >= 11 is 6.83. The second kappa shape index (κ2) is 26.5. The van der Waals surface area contributed by atoms with Crippen LogP contribution in [-0.2, 0) is 58.9 Å². The highest BCUT2D eigenvalue weighted by Crippen LogP contribution is 2.49. The van der Waals surface area contributed by atoms with Gasteiger partial charge in [-0.25, -0.2) is 9.59 Å². The number of rotatable bonds is 22. The molecule has 4 heterocycles. The molecule has 408 valence electrons. The van der Waals surface area contributed by atoms with Gasteiger partial charge in [-0.3, -0.25) is 39.0 Å². The molecule has 5 rings (SSSR count). The third kappa shape index (κ3) is 16.5. The standard InChI is InChI=1S/C54H75ClN4O13S2/c1-33-14-11-15-35(3)54(68)32-42(70-51(67)56-54)36(4)49-53(8,72-49)43(31-47(65)58(10)41-30-38(28-33)29-34(2)48(41)55)71-50(66)37(5)57(9)44(62)20-23-52(6,7)74-73-27-13-17-40(61)22-26-69-25-21-39(60)16-12-24-59-45(63)18-19-46(59)64/h11,14-15,18-19,29-30,35-37,42-43,49,68H,12-13,16-17,20-28,31-32H2,1-10H3,(H,56,67)/b15-11+,33-14+. The second-order valence-corrected chi connectivity index (χ2v) is 24.4. The smallest absolute Gasteiger partial charge is 0.409 e. The first-order chi connectivity index (χ1) is 34.7. The molecule has 8 atom stereocenters. The molecule has 0 spiro atoms. The molecule has 1 aromatic carbocycles. The van der Waals surface area contributed by atoms with Crippen molar-refractivity contribution < 1.29 is 62.4 Å². The van der Waals surface area contributed by atoms with Crippen LogP contribution in [0.1, 0.15) is 124 Å². The Hall–Kier alpha value is -4.53. The SMILES string of the molecule is C/C1=C\C=C\C(C)C2(O)CC(OC(=O)N2)C(C)C2OC2(C)C(OC(=O)C(C)N(C)C(=O)CCC(C)(C)SSCCCC(=O)CCOCCC(=O)CCCN2C(=O)C=CC2=O)CC(=O)N(C)c2cc(cc(C)c2Cl)C1. The lowest BCUT2D eigenvalue weighted by Crippen LogP contribution is -2.60. The van der Waals surface area contributed by atoms with Crippen LogP contribution in [-0.4, -0.2) is 142 Å². The van der Waals surface area contributed by atoms with Crippen molar-refractivity contribution >= 4 is 86.1 Å². The Morgan fingerprint density at radius 1 is 1.00 bits per heavy atom. The van der Waals surface area contributed by atoms with E-state index in [9.17, 15) is 43.5 Å². The van der Waals surface area contributed by atoms with Gasteiger partial charge in [0.05, 0.1) is 36.4 Å². The lowest BCUT2D eigenvalue weighted by molar-refractivity contribution is -0.162. The van der Waals surface area contributed by atoms with Gasteiger partial charge in [-0.2, -0.15) is 0 Å². The van der Waals surface area contributed by atoms with Crippen molar-refractivity contribution in [2.75, 3.05) is 44.5 Å². The Morgan fingerprint density at radius 2 is 1.65 bits per heavy atom. The number of aryl methyl sites for hydroxylation is 1. The van der Waals surface area contributed by atoms with Crippen LogP contribution in [0.5, 0.6) is 0 Å². The fourth-order valence-electron chi connectivity index (χ4n) is 9.13. The summed E-state index contributed by atoms with van der Waals surface area (Å²) in [6, 6.07) is 2.80. The summed E-state index contributed by atoms with van der Waals surface area (Å²) in [6.45, 7) is 15.5. The molecule has 0 saturated carbocycles. The van der Waals surface area contributed by atoms with Crippen LogP contribution < -0.4 is 10.2 Å². The molecule has 17 nitrogen and oxygen atoms in total. The third-order valence-corrected chi connectivity index (χ3v) is 18.3. The molecule has 8 unspecified atom stereocenters. The summed E-state index contributed by atoms with van der Waals surface area (Å²) < 4.78 is 23.5. The average molecular weight is 1090 g/mol. The summed E-state index contributed by atoms with van der Waals surface area (Å²) in [5.41, 5.74) is 0.336. The maximum atomic E-state index is 14.3. The molecule has 2 fully saturated rings. The van der Waals surface area contributed by atoms with Crippen LogP contribution in [0.25, 0.3) is 0 Å². The van der Waals surface area contributed by atoms with Gasteiger partial charge in [0.15, 0.2) is 0 Å². The number of allylic oxidation sites excluding steroid dienone is 3. The minimum absolute atomic E-state index is 0.0337. The van der Waals surface area contributed by atoms with Crippen LogP contribution >= 0.6 is 33.2 Å². The lowest BCUT2D eigenvalue weighted by atomic mass is 9.82. The molecule has 0 aromatic heterocycles. The van der Waals surface area contributed by atoms with Gasteiger partial charge in [0, 0.05) is 93.7 Å². The number of fused-ring (bicyclic) bond motifs is 5. The number of nitrogens with one attached hydrogen (secondary N) is 1. The number of carbonyl (C=O) groups is 8. The summed E-state index contributed by atoms with van der Waals surface area (Å²) in [6.07, 6.45) is 7.76. The molecule has 74 heavy (non-hydrogen) atoms. The van der Waals surface area contributed by atoms with Gasteiger partial charge in [-0.1, -0.05) is 76.9 Å². The Morgan fingerprint density at radius 3 is 2.31 bits per heavy atom. The van der Waals surface area contributed by atoms with Crippen LogP contribution in [0.3, 0.4) is 0 Å². The van der Waals surface area contributed by atoms with Gasteiger partial charge in [0.25, 0.3) is 11.8 Å². The highest BCUT2D eigenvalue weighted by Gasteiger charge is 2.64. The molecule has 0 aliphatic carbocycles. The number of amides is 5. The fraction of sp³-hybridized carbons (Fsp3) is 0.630. The highest BCUT2D eigenvalue weighted by molar-refractivity contribution is 8.77. The van der Waals surface area contributed by atoms with Gasteiger partial charge in [-0.05, 0) is 84.4 Å². The number of aliphatic hydroxyl groups is 1. The first-order valence-electron chi connectivity index (χ1n) is 25.4. The van der Waals surface area contributed by atoms with E-state index in [2.05, 4.69) is 5.32 Å². The number of ketones is 2. The van der Waals surface area contributed by atoms with Crippen molar-refractivity contribution in [1.29, 1.82) is 0 Å². The zero-order valence-electron chi connectivity index (χ0n) is 44.5. The second-order valence-electron chi connectivity index (χ2n) is 20.9. The molecule has 20 heteroatoms. The van der Waals surface area contributed by atoms with Crippen LogP contribution in [0, 0.1) is 18.8 Å². The van der Waals surface area contributed by atoms with E-state index >= 15 is 0 Å². The molecule has 1 aromatic rings. The minimum atomic E-state index is -1.63. The Kier molecular flexibility index (Phi) is 21.6. The summed E-state index contributed by atoms with van der Waals surface area (Å²) in [4.78, 5) is 107. The molecular formula is C54H75ClN4O13S2. The van der Waals surface area contributed by atoms with E-state index in [0.717, 1.165) is 27.4 Å². The van der Waals surface area contributed by atoms with Crippen molar-refractivity contribution in [2.24, 2.45) is 11.8 Å². The van der Waals surface area contributed by atoms with E-state index in [-0.39, 0.29) is 92.3 Å². The molecule has 4 aliphatic heterocycles. The predicted molar refractivity (Wildman–Crippen MR) is 285 cm³/mol. The molecule has 4 bridgehead atoms. The van der Waals surface area contributed by atoms with E-state index in [1.807, 2.05) is 71.9 Å². The first kappa shape index (κ1) is 60.3. The Balaban J connectivity index is 1.11.